The zero-order chi connectivity index (χ0) is 13.7. The van der Waals surface area contributed by atoms with Crippen LogP contribution in [0.2, 0.25) is 0 Å². The van der Waals surface area contributed by atoms with Crippen LogP contribution in [-0.4, -0.2) is 29.1 Å². The average Bonchev–Trinajstić information content (AvgIpc) is 2.46. The molecule has 0 bridgehead atoms. The number of hydrogen-bond acceptors (Lipinski definition) is 3. The molecule has 0 unspecified atom stereocenters. The van der Waals surface area contributed by atoms with Crippen molar-refractivity contribution in [2.75, 3.05) is 13.2 Å². The van der Waals surface area contributed by atoms with Gasteiger partial charge in [-0.15, -0.1) is 0 Å². The number of aliphatic hydroxyl groups is 1. The van der Waals surface area contributed by atoms with E-state index in [1.165, 1.54) is 6.42 Å². The second-order valence-electron chi connectivity index (χ2n) is 5.24. The number of aromatic nitrogens is 1. The van der Waals surface area contributed by atoms with E-state index in [1.54, 1.807) is 18.3 Å². The van der Waals surface area contributed by atoms with Crippen LogP contribution in [-0.2, 0) is 0 Å². The summed E-state index contributed by atoms with van der Waals surface area (Å²) in [6, 6.07) is 3.57. The first-order valence-corrected chi connectivity index (χ1v) is 7.46. The molecule has 2 N–H and O–H groups in total. The topological polar surface area (TPSA) is 62.2 Å². The van der Waals surface area contributed by atoms with Crippen molar-refractivity contribution in [3.8, 4) is 0 Å². The summed E-state index contributed by atoms with van der Waals surface area (Å²) in [5, 5.41) is 12.5. The summed E-state index contributed by atoms with van der Waals surface area (Å²) in [6.07, 6.45) is 7.04. The van der Waals surface area contributed by atoms with Crippen LogP contribution in [0.4, 0.5) is 0 Å². The zero-order valence-electron chi connectivity index (χ0n) is 10.9. The van der Waals surface area contributed by atoms with E-state index in [0.29, 0.717) is 16.7 Å². The smallest absolute Gasteiger partial charge is 0.271 e. The Labute approximate surface area is 121 Å². The normalized spacial score (nSPS) is 18.0. The minimum absolute atomic E-state index is 0.136. The van der Waals surface area contributed by atoms with Crippen molar-refractivity contribution in [2.24, 2.45) is 5.41 Å². The number of aliphatic hydroxyl groups excluding tert-OH is 1. The molecule has 1 aromatic rings. The molecule has 0 saturated heterocycles. The number of nitrogens with one attached hydrogen (secondary N) is 1. The summed E-state index contributed by atoms with van der Waals surface area (Å²) < 4.78 is 0.689. The van der Waals surface area contributed by atoms with Gasteiger partial charge in [-0.2, -0.15) is 0 Å². The molecule has 1 aliphatic rings. The van der Waals surface area contributed by atoms with Crippen molar-refractivity contribution in [1.29, 1.82) is 0 Å². The van der Waals surface area contributed by atoms with Gasteiger partial charge in [0, 0.05) is 22.6 Å². The molecule has 1 aromatic heterocycles. The molecular formula is C14H19BrN2O2. The lowest BCUT2D eigenvalue weighted by molar-refractivity contribution is 0.0715. The highest BCUT2D eigenvalue weighted by Gasteiger charge is 2.32. The van der Waals surface area contributed by atoms with E-state index in [1.807, 2.05) is 0 Å². The van der Waals surface area contributed by atoms with Crippen LogP contribution >= 0.6 is 15.9 Å². The molecule has 1 heterocycles. The van der Waals surface area contributed by atoms with E-state index in [4.69, 9.17) is 0 Å². The Morgan fingerprint density at radius 2 is 2.16 bits per heavy atom. The number of nitrogens with zero attached hydrogens (tertiary/aromatic N) is 1. The Morgan fingerprint density at radius 1 is 1.42 bits per heavy atom. The molecule has 5 heteroatoms. The van der Waals surface area contributed by atoms with Crippen molar-refractivity contribution < 1.29 is 9.90 Å². The fourth-order valence-electron chi connectivity index (χ4n) is 2.60. The van der Waals surface area contributed by atoms with E-state index in [2.05, 4.69) is 26.2 Å². The molecule has 0 aromatic carbocycles. The Balaban J connectivity index is 1.98. The van der Waals surface area contributed by atoms with Crippen molar-refractivity contribution in [2.45, 2.75) is 32.1 Å². The molecule has 1 fully saturated rings. The molecule has 1 amide bonds. The third-order valence-corrected chi connectivity index (χ3v) is 4.49. The Morgan fingerprint density at radius 3 is 2.79 bits per heavy atom. The quantitative estimate of drug-likeness (QED) is 0.893. The maximum atomic E-state index is 12.1. The third kappa shape index (κ3) is 3.54. The Bertz CT molecular complexity index is 445. The highest BCUT2D eigenvalue weighted by Crippen LogP contribution is 2.35. The molecule has 1 aliphatic carbocycles. The van der Waals surface area contributed by atoms with E-state index < -0.39 is 0 Å². The summed E-state index contributed by atoms with van der Waals surface area (Å²) in [4.78, 5) is 16.2. The minimum atomic E-state index is -0.189. The molecule has 4 nitrogen and oxygen atoms in total. The Hall–Kier alpha value is -0.940. The van der Waals surface area contributed by atoms with Crippen LogP contribution in [0, 0.1) is 5.41 Å². The van der Waals surface area contributed by atoms with E-state index >= 15 is 0 Å². The molecule has 0 spiro atoms. The molecule has 19 heavy (non-hydrogen) atoms. The van der Waals surface area contributed by atoms with Gasteiger partial charge >= 0.3 is 0 Å². The van der Waals surface area contributed by atoms with Crippen LogP contribution in [0.5, 0.6) is 0 Å². The van der Waals surface area contributed by atoms with Crippen molar-refractivity contribution >= 4 is 21.8 Å². The van der Waals surface area contributed by atoms with Crippen LogP contribution < -0.4 is 5.32 Å². The second kappa shape index (κ2) is 6.48. The number of amides is 1. The van der Waals surface area contributed by atoms with Gasteiger partial charge in [0.15, 0.2) is 0 Å². The summed E-state index contributed by atoms with van der Waals surface area (Å²) in [5.74, 6) is -0.189. The first-order chi connectivity index (χ1) is 9.17. The van der Waals surface area contributed by atoms with E-state index in [-0.39, 0.29) is 17.9 Å². The lowest BCUT2D eigenvalue weighted by atomic mass is 9.74. The van der Waals surface area contributed by atoms with Crippen LogP contribution in [0.25, 0.3) is 0 Å². The van der Waals surface area contributed by atoms with Gasteiger partial charge in [0.25, 0.3) is 5.91 Å². The SMILES string of the molecule is O=C(NCC1(CO)CCCCC1)c1ncccc1Br. The van der Waals surface area contributed by atoms with Crippen LogP contribution in [0.3, 0.4) is 0 Å². The summed E-state index contributed by atoms with van der Waals surface area (Å²) in [5.41, 5.74) is 0.251. The minimum Gasteiger partial charge on any atom is -0.396 e. The fourth-order valence-corrected chi connectivity index (χ4v) is 3.03. The van der Waals surface area contributed by atoms with E-state index in [0.717, 1.165) is 25.7 Å². The zero-order valence-corrected chi connectivity index (χ0v) is 12.4. The highest BCUT2D eigenvalue weighted by molar-refractivity contribution is 9.10. The van der Waals surface area contributed by atoms with Gasteiger partial charge in [-0.1, -0.05) is 19.3 Å². The monoisotopic (exact) mass is 326 g/mol. The van der Waals surface area contributed by atoms with Gasteiger partial charge in [0.1, 0.15) is 5.69 Å². The second-order valence-corrected chi connectivity index (χ2v) is 6.09. The lowest BCUT2D eigenvalue weighted by Gasteiger charge is -2.35. The average molecular weight is 327 g/mol. The molecule has 104 valence electrons. The number of halogens is 1. The van der Waals surface area contributed by atoms with Gasteiger partial charge in [0.05, 0.1) is 6.61 Å². The van der Waals surface area contributed by atoms with Gasteiger partial charge in [-0.3, -0.25) is 4.79 Å². The number of carbonyl (C=O) groups excluding carboxylic acids is 1. The van der Waals surface area contributed by atoms with Crippen LogP contribution in [0.1, 0.15) is 42.6 Å². The van der Waals surface area contributed by atoms with E-state index in [9.17, 15) is 9.90 Å². The van der Waals surface area contributed by atoms with Crippen molar-refractivity contribution in [3.63, 3.8) is 0 Å². The number of carbonyl (C=O) groups is 1. The van der Waals surface area contributed by atoms with Gasteiger partial charge in [-0.05, 0) is 40.9 Å². The van der Waals surface area contributed by atoms with Gasteiger partial charge < -0.3 is 10.4 Å². The summed E-state index contributed by atoms with van der Waals surface area (Å²) in [6.45, 7) is 0.655. The number of pyridine rings is 1. The summed E-state index contributed by atoms with van der Waals surface area (Å²) >= 11 is 3.32. The molecule has 0 aliphatic heterocycles. The first-order valence-electron chi connectivity index (χ1n) is 6.66. The molecule has 1 saturated carbocycles. The predicted molar refractivity (Wildman–Crippen MR) is 76.9 cm³/mol. The molecule has 0 radical (unpaired) electrons. The standard InChI is InChI=1S/C14H19BrN2O2/c15-11-5-4-8-16-12(11)13(19)17-9-14(10-18)6-2-1-3-7-14/h4-5,8,18H,1-3,6-7,9-10H2,(H,17,19). The van der Waals surface area contributed by atoms with Crippen molar-refractivity contribution in [3.05, 3.63) is 28.5 Å². The van der Waals surface area contributed by atoms with Crippen molar-refractivity contribution in [1.82, 2.24) is 10.3 Å². The number of hydrogen-bond donors (Lipinski definition) is 2. The van der Waals surface area contributed by atoms with Gasteiger partial charge in [-0.25, -0.2) is 4.98 Å². The molecule has 2 rings (SSSR count). The first kappa shape index (κ1) is 14.5. The third-order valence-electron chi connectivity index (χ3n) is 3.85. The Kier molecular flexibility index (Phi) is 4.93. The maximum absolute atomic E-state index is 12.1. The highest BCUT2D eigenvalue weighted by atomic mass is 79.9. The molecule has 0 atom stereocenters. The maximum Gasteiger partial charge on any atom is 0.271 e. The summed E-state index contributed by atoms with van der Waals surface area (Å²) in [7, 11) is 0. The predicted octanol–water partition coefficient (Wildman–Crippen LogP) is 2.52. The largest absolute Gasteiger partial charge is 0.396 e. The fraction of sp³-hybridized carbons (Fsp3) is 0.571. The number of rotatable bonds is 4. The lowest BCUT2D eigenvalue weighted by Crippen LogP contribution is -2.41. The van der Waals surface area contributed by atoms with Crippen LogP contribution in [0.15, 0.2) is 22.8 Å². The van der Waals surface area contributed by atoms with Gasteiger partial charge in [0.2, 0.25) is 0 Å². The molecular weight excluding hydrogens is 308 g/mol.